The molecule has 5 heteroatoms. The normalized spacial score (nSPS) is 13.5. The molecular weight excluding hydrogens is 350 g/mol. The van der Waals surface area contributed by atoms with Crippen molar-refractivity contribution in [3.05, 3.63) is 70.8 Å². The number of aliphatic hydroxyl groups is 1. The summed E-state index contributed by atoms with van der Waals surface area (Å²) in [7, 11) is 1.56. The smallest absolute Gasteiger partial charge is 0.156 e. The number of aliphatic hydroxyl groups excluding tert-OH is 1. The lowest BCUT2D eigenvalue weighted by Crippen LogP contribution is -2.33. The van der Waals surface area contributed by atoms with Crippen molar-refractivity contribution in [2.75, 3.05) is 13.7 Å². The van der Waals surface area contributed by atoms with Gasteiger partial charge in [-0.25, -0.2) is 0 Å². The van der Waals surface area contributed by atoms with Gasteiger partial charge in [0, 0.05) is 19.0 Å². The molecule has 2 rings (SSSR count). The van der Waals surface area contributed by atoms with Crippen molar-refractivity contribution in [3.8, 4) is 5.75 Å². The van der Waals surface area contributed by atoms with E-state index in [4.69, 9.17) is 16.3 Å². The molecule has 138 valence electrons. The van der Waals surface area contributed by atoms with Crippen LogP contribution in [0, 0.1) is 0 Å². The van der Waals surface area contributed by atoms with Gasteiger partial charge >= 0.3 is 0 Å². The summed E-state index contributed by atoms with van der Waals surface area (Å²) < 4.78 is 5.10. The summed E-state index contributed by atoms with van der Waals surface area (Å²) in [4.78, 5) is 12.0. The number of carbonyl (C=O) groups is 1. The fourth-order valence-corrected chi connectivity index (χ4v) is 2.80. The van der Waals surface area contributed by atoms with Gasteiger partial charge in [-0.05, 0) is 36.3 Å². The molecule has 0 heterocycles. The molecule has 0 aliphatic carbocycles. The largest absolute Gasteiger partial charge is 0.495 e. The van der Waals surface area contributed by atoms with E-state index in [0.717, 1.165) is 11.1 Å². The van der Waals surface area contributed by atoms with Crippen molar-refractivity contribution in [3.63, 3.8) is 0 Å². The van der Waals surface area contributed by atoms with Gasteiger partial charge in [-0.3, -0.25) is 4.79 Å². The summed E-state index contributed by atoms with van der Waals surface area (Å²) in [5.74, 6) is 0.608. The van der Waals surface area contributed by atoms with Crippen LogP contribution in [0.1, 0.15) is 30.6 Å². The quantitative estimate of drug-likeness (QED) is 0.651. The van der Waals surface area contributed by atoms with Gasteiger partial charge in [0.1, 0.15) is 5.75 Å². The Morgan fingerprint density at radius 1 is 1.27 bits per heavy atom. The van der Waals surface area contributed by atoms with Crippen molar-refractivity contribution in [2.45, 2.75) is 25.5 Å². The van der Waals surface area contributed by atoms with Crippen molar-refractivity contribution in [1.82, 2.24) is 5.32 Å². The highest BCUT2D eigenvalue weighted by molar-refractivity contribution is 6.32. The van der Waals surface area contributed by atoms with Crippen LogP contribution < -0.4 is 10.1 Å². The summed E-state index contributed by atoms with van der Waals surface area (Å²) in [6.45, 7) is 2.40. The summed E-state index contributed by atoms with van der Waals surface area (Å²) in [6.07, 6.45) is 3.02. The highest BCUT2D eigenvalue weighted by Gasteiger charge is 2.15. The highest BCUT2D eigenvalue weighted by Crippen LogP contribution is 2.25. The van der Waals surface area contributed by atoms with Gasteiger partial charge in [-0.1, -0.05) is 54.1 Å². The Hall–Kier alpha value is -2.14. The standard InChI is InChI=1S/C21H24ClNO3/c1-15(21(25)17-6-4-3-5-7-17)23-13-12-18(24)10-8-16-9-11-20(26-2)19(22)14-16/h3-11,14-15,21,23,25H,12-13H2,1-2H3/b10-8+. The zero-order chi connectivity index (χ0) is 18.9. The fraction of sp³-hybridized carbons (Fsp3) is 0.286. The molecule has 2 atom stereocenters. The third-order valence-corrected chi connectivity index (χ3v) is 4.39. The van der Waals surface area contributed by atoms with E-state index in [0.29, 0.717) is 23.7 Å². The third kappa shape index (κ3) is 5.99. The summed E-state index contributed by atoms with van der Waals surface area (Å²) in [5.41, 5.74) is 1.69. The van der Waals surface area contributed by atoms with Gasteiger partial charge in [-0.15, -0.1) is 0 Å². The Morgan fingerprint density at radius 3 is 2.65 bits per heavy atom. The van der Waals surface area contributed by atoms with Crippen LogP contribution in [-0.4, -0.2) is 30.6 Å². The Kier molecular flexibility index (Phi) is 7.85. The van der Waals surface area contributed by atoms with E-state index in [2.05, 4.69) is 5.32 Å². The monoisotopic (exact) mass is 373 g/mol. The van der Waals surface area contributed by atoms with Gasteiger partial charge < -0.3 is 15.2 Å². The van der Waals surface area contributed by atoms with Crippen LogP contribution in [0.3, 0.4) is 0 Å². The van der Waals surface area contributed by atoms with Crippen LogP contribution in [0.15, 0.2) is 54.6 Å². The lowest BCUT2D eigenvalue weighted by molar-refractivity contribution is -0.114. The van der Waals surface area contributed by atoms with Crippen LogP contribution in [0.5, 0.6) is 5.75 Å². The minimum atomic E-state index is -0.608. The minimum absolute atomic E-state index is 0.00541. The first kappa shape index (κ1) is 20.2. The number of nitrogens with one attached hydrogen (secondary N) is 1. The molecule has 0 bridgehead atoms. The lowest BCUT2D eigenvalue weighted by atomic mass is 10.0. The SMILES string of the molecule is COc1ccc(/C=C/C(=O)CCNC(C)C(O)c2ccccc2)cc1Cl. The maximum Gasteiger partial charge on any atom is 0.156 e. The van der Waals surface area contributed by atoms with Gasteiger partial charge in [0.25, 0.3) is 0 Å². The second-order valence-corrected chi connectivity index (χ2v) is 6.45. The minimum Gasteiger partial charge on any atom is -0.495 e. The van der Waals surface area contributed by atoms with Crippen LogP contribution in [0.4, 0.5) is 0 Å². The zero-order valence-corrected chi connectivity index (χ0v) is 15.7. The van der Waals surface area contributed by atoms with Gasteiger partial charge in [0.05, 0.1) is 18.2 Å². The van der Waals surface area contributed by atoms with Crippen molar-refractivity contribution in [2.24, 2.45) is 0 Å². The Labute approximate surface area is 159 Å². The number of methoxy groups -OCH3 is 1. The van der Waals surface area contributed by atoms with E-state index in [9.17, 15) is 9.90 Å². The number of halogens is 1. The number of allylic oxidation sites excluding steroid dienone is 1. The Bertz CT molecular complexity index is 746. The second kappa shape index (κ2) is 10.1. The summed E-state index contributed by atoms with van der Waals surface area (Å²) in [6, 6.07) is 14.7. The average Bonchev–Trinajstić information content (AvgIpc) is 2.66. The molecule has 2 unspecified atom stereocenters. The predicted octanol–water partition coefficient (Wildman–Crippen LogP) is 4.03. The molecule has 0 spiro atoms. The number of benzene rings is 2. The molecule has 0 saturated carbocycles. The van der Waals surface area contributed by atoms with Crippen LogP contribution in [-0.2, 0) is 4.79 Å². The van der Waals surface area contributed by atoms with E-state index in [1.807, 2.05) is 43.3 Å². The van der Waals surface area contributed by atoms with Gasteiger partial charge in [0.2, 0.25) is 0 Å². The van der Waals surface area contributed by atoms with Crippen LogP contribution >= 0.6 is 11.6 Å². The molecule has 0 radical (unpaired) electrons. The summed E-state index contributed by atoms with van der Waals surface area (Å²) >= 11 is 6.07. The van der Waals surface area contributed by atoms with E-state index < -0.39 is 6.10 Å². The second-order valence-electron chi connectivity index (χ2n) is 6.04. The number of rotatable bonds is 9. The molecule has 2 aromatic carbocycles. The molecule has 0 fully saturated rings. The van der Waals surface area contributed by atoms with Crippen molar-refractivity contribution >= 4 is 23.5 Å². The molecule has 0 saturated heterocycles. The number of hydrogen-bond donors (Lipinski definition) is 2. The zero-order valence-electron chi connectivity index (χ0n) is 15.0. The molecule has 2 N–H and O–H groups in total. The van der Waals surface area contributed by atoms with Crippen molar-refractivity contribution in [1.29, 1.82) is 0 Å². The summed E-state index contributed by atoms with van der Waals surface area (Å²) in [5, 5.41) is 14.0. The highest BCUT2D eigenvalue weighted by atomic mass is 35.5. The van der Waals surface area contributed by atoms with Gasteiger partial charge in [0.15, 0.2) is 5.78 Å². The maximum absolute atomic E-state index is 12.0. The Balaban J connectivity index is 1.78. The van der Waals surface area contributed by atoms with E-state index in [-0.39, 0.29) is 11.8 Å². The molecular formula is C21H24ClNO3. The molecule has 0 amide bonds. The first-order chi connectivity index (χ1) is 12.5. The lowest BCUT2D eigenvalue weighted by Gasteiger charge is -2.20. The number of hydrogen-bond acceptors (Lipinski definition) is 4. The third-order valence-electron chi connectivity index (χ3n) is 4.09. The Morgan fingerprint density at radius 2 is 2.00 bits per heavy atom. The van der Waals surface area contributed by atoms with E-state index in [1.54, 1.807) is 25.3 Å². The van der Waals surface area contributed by atoms with Crippen molar-refractivity contribution < 1.29 is 14.6 Å². The fourth-order valence-electron chi connectivity index (χ4n) is 2.53. The average molecular weight is 374 g/mol. The maximum atomic E-state index is 12.0. The van der Waals surface area contributed by atoms with Crippen LogP contribution in [0.2, 0.25) is 5.02 Å². The first-order valence-corrected chi connectivity index (χ1v) is 8.90. The van der Waals surface area contributed by atoms with E-state index in [1.165, 1.54) is 6.08 Å². The number of carbonyl (C=O) groups excluding carboxylic acids is 1. The molecule has 26 heavy (non-hydrogen) atoms. The molecule has 2 aromatic rings. The van der Waals surface area contributed by atoms with Gasteiger partial charge in [-0.2, -0.15) is 0 Å². The van der Waals surface area contributed by atoms with E-state index >= 15 is 0 Å². The molecule has 4 nitrogen and oxygen atoms in total. The molecule has 0 aromatic heterocycles. The number of ether oxygens (including phenoxy) is 1. The van der Waals surface area contributed by atoms with Crippen LogP contribution in [0.25, 0.3) is 6.08 Å². The predicted molar refractivity (Wildman–Crippen MR) is 106 cm³/mol. The molecule has 0 aliphatic heterocycles. The first-order valence-electron chi connectivity index (χ1n) is 8.52. The topological polar surface area (TPSA) is 58.6 Å². The molecule has 0 aliphatic rings. The number of ketones is 1.